The topological polar surface area (TPSA) is 0 Å². The predicted molar refractivity (Wildman–Crippen MR) is 40.4 cm³/mol. The molecule has 0 atom stereocenters. The molecule has 0 aromatic heterocycles. The molecule has 0 fully saturated rings. The van der Waals surface area contributed by atoms with Crippen LogP contribution in [0.5, 0.6) is 0 Å². The first-order valence-electron chi connectivity index (χ1n) is 2.86. The Labute approximate surface area is 58.7 Å². The molecule has 0 aliphatic heterocycles. The highest BCUT2D eigenvalue weighted by molar-refractivity contribution is 5.85. The van der Waals surface area contributed by atoms with Gasteiger partial charge in [0.1, 0.15) is 0 Å². The summed E-state index contributed by atoms with van der Waals surface area (Å²) in [4.78, 5) is 0. The minimum Gasteiger partial charge on any atom is -0.331 e. The van der Waals surface area contributed by atoms with Gasteiger partial charge in [-0.3, -0.25) is 0 Å². The van der Waals surface area contributed by atoms with Gasteiger partial charge in [-0.25, -0.2) is 0 Å². The van der Waals surface area contributed by atoms with E-state index in [1.54, 1.807) is 0 Å². The molecule has 0 aromatic carbocycles. The molecule has 0 rings (SSSR count). The van der Waals surface area contributed by atoms with E-state index in [2.05, 4.69) is 28.1 Å². The fourth-order valence-electron chi connectivity index (χ4n) is 0.671. The minimum atomic E-state index is 0. The van der Waals surface area contributed by atoms with Crippen LogP contribution in [0.3, 0.4) is 0 Å². The Bertz CT molecular complexity index is 47.0. The molecule has 0 amide bonds. The largest absolute Gasteiger partial charge is 0.331 e. The van der Waals surface area contributed by atoms with Gasteiger partial charge in [-0.2, -0.15) is 0 Å². The fraction of sp³-hybridized carbons (Fsp3) is 1.00. The van der Waals surface area contributed by atoms with Crippen LogP contribution in [0.25, 0.3) is 0 Å². The molecular weight excluding hydrogens is 122 g/mol. The highest BCUT2D eigenvalue weighted by atomic mass is 35.5. The molecule has 0 N–H and O–H groups in total. The molecule has 1 nitrogen and oxygen atoms in total. The van der Waals surface area contributed by atoms with Crippen LogP contribution in [-0.2, 0) is 0 Å². The van der Waals surface area contributed by atoms with E-state index in [4.69, 9.17) is 0 Å². The van der Waals surface area contributed by atoms with Crippen molar-refractivity contribution in [1.29, 1.82) is 0 Å². The summed E-state index contributed by atoms with van der Waals surface area (Å²) < 4.78 is 1.09. The molecule has 0 aliphatic carbocycles. The van der Waals surface area contributed by atoms with Crippen molar-refractivity contribution in [3.05, 3.63) is 0 Å². The molecule has 0 unspecified atom stereocenters. The number of hydrogen-bond acceptors (Lipinski definition) is 0. The highest BCUT2D eigenvalue weighted by Gasteiger charge is 2.01. The molecule has 0 radical (unpaired) electrons. The van der Waals surface area contributed by atoms with Crippen molar-refractivity contribution in [2.24, 2.45) is 0 Å². The maximum atomic E-state index is 2.21. The van der Waals surface area contributed by atoms with Crippen LogP contribution < -0.4 is 0 Å². The van der Waals surface area contributed by atoms with Crippen molar-refractivity contribution in [2.75, 3.05) is 27.7 Å². The molecule has 0 saturated heterocycles. The van der Waals surface area contributed by atoms with Crippen LogP contribution in [0.4, 0.5) is 0 Å². The summed E-state index contributed by atoms with van der Waals surface area (Å²) in [6.45, 7) is 3.49. The Morgan fingerprint density at radius 1 is 1.12 bits per heavy atom. The molecule has 0 aliphatic rings. The van der Waals surface area contributed by atoms with E-state index >= 15 is 0 Å². The van der Waals surface area contributed by atoms with E-state index in [1.807, 2.05) is 0 Å². The van der Waals surface area contributed by atoms with Gasteiger partial charge in [0.25, 0.3) is 0 Å². The molecule has 0 aromatic rings. The Morgan fingerprint density at radius 3 is 1.50 bits per heavy atom. The van der Waals surface area contributed by atoms with E-state index < -0.39 is 0 Å². The van der Waals surface area contributed by atoms with Crippen molar-refractivity contribution in [3.63, 3.8) is 0 Å². The average Bonchev–Trinajstić information content (AvgIpc) is 1.30. The average molecular weight is 139 g/mol. The van der Waals surface area contributed by atoms with Gasteiger partial charge in [-0.05, 0) is 6.42 Å². The quantitative estimate of drug-likeness (QED) is 0.508. The lowest BCUT2D eigenvalue weighted by molar-refractivity contribution is -0.870. The normalized spacial score (nSPS) is 10.5. The number of hydrogen-bond donors (Lipinski definition) is 0. The Hall–Kier alpha value is 0.250. The third-order valence-electron chi connectivity index (χ3n) is 0.894. The molecule has 0 bridgehead atoms. The molecule has 0 saturated carbocycles. The van der Waals surface area contributed by atoms with Crippen LogP contribution in [0.1, 0.15) is 13.3 Å². The van der Waals surface area contributed by atoms with Crippen LogP contribution in [0, 0.1) is 0 Å². The van der Waals surface area contributed by atoms with Crippen molar-refractivity contribution in [1.82, 2.24) is 0 Å². The van der Waals surface area contributed by atoms with Gasteiger partial charge in [-0.1, -0.05) is 6.92 Å². The molecular formula is C6H17ClN+. The lowest BCUT2D eigenvalue weighted by Gasteiger charge is -2.22. The lowest BCUT2D eigenvalue weighted by atomic mass is 10.4. The summed E-state index contributed by atoms with van der Waals surface area (Å²) in [6.07, 6.45) is 1.28. The summed E-state index contributed by atoms with van der Waals surface area (Å²) in [6, 6.07) is 0. The van der Waals surface area contributed by atoms with Crippen LogP contribution in [0.2, 0.25) is 0 Å². The van der Waals surface area contributed by atoms with E-state index in [-0.39, 0.29) is 12.4 Å². The van der Waals surface area contributed by atoms with E-state index in [0.717, 1.165) is 4.48 Å². The van der Waals surface area contributed by atoms with Crippen LogP contribution >= 0.6 is 12.4 Å². The highest BCUT2D eigenvalue weighted by Crippen LogP contribution is 1.90. The molecule has 0 heterocycles. The van der Waals surface area contributed by atoms with Crippen LogP contribution in [0.15, 0.2) is 0 Å². The van der Waals surface area contributed by atoms with Gasteiger partial charge >= 0.3 is 0 Å². The van der Waals surface area contributed by atoms with Crippen molar-refractivity contribution < 1.29 is 4.48 Å². The van der Waals surface area contributed by atoms with Gasteiger partial charge in [0.05, 0.1) is 27.7 Å². The summed E-state index contributed by atoms with van der Waals surface area (Å²) in [5, 5.41) is 0. The molecule has 0 spiro atoms. The first-order chi connectivity index (χ1) is 3.06. The SMILES string of the molecule is CCC[N+](C)(C)C.Cl. The second kappa shape index (κ2) is 4.16. The van der Waals surface area contributed by atoms with Gasteiger partial charge in [0.15, 0.2) is 0 Å². The summed E-state index contributed by atoms with van der Waals surface area (Å²) in [5.74, 6) is 0. The zero-order chi connectivity index (χ0) is 5.91. The smallest absolute Gasteiger partial charge is 0.0777 e. The second-order valence-electron chi connectivity index (χ2n) is 3.01. The zero-order valence-corrected chi connectivity index (χ0v) is 7.09. The Kier molecular flexibility index (Phi) is 5.77. The standard InChI is InChI=1S/C6H16N.ClH/c1-5-6-7(2,3)4;/h5-6H2,1-4H3;1H/q+1;. The van der Waals surface area contributed by atoms with Gasteiger partial charge in [0, 0.05) is 0 Å². The fourth-order valence-corrected chi connectivity index (χ4v) is 0.671. The molecule has 52 valence electrons. The van der Waals surface area contributed by atoms with Crippen LogP contribution in [-0.4, -0.2) is 32.2 Å². The van der Waals surface area contributed by atoms with E-state index in [0.29, 0.717) is 0 Å². The number of rotatable bonds is 2. The van der Waals surface area contributed by atoms with Gasteiger partial charge < -0.3 is 4.48 Å². The third kappa shape index (κ3) is 9.54. The maximum absolute atomic E-state index is 2.21. The van der Waals surface area contributed by atoms with Crippen molar-refractivity contribution >= 4 is 12.4 Å². The third-order valence-corrected chi connectivity index (χ3v) is 0.894. The summed E-state index contributed by atoms with van der Waals surface area (Å²) in [5.41, 5.74) is 0. The van der Waals surface area contributed by atoms with Gasteiger partial charge in [-0.15, -0.1) is 12.4 Å². The van der Waals surface area contributed by atoms with Crippen molar-refractivity contribution in [3.8, 4) is 0 Å². The predicted octanol–water partition coefficient (Wildman–Crippen LogP) is 1.52. The summed E-state index contributed by atoms with van der Waals surface area (Å²) >= 11 is 0. The molecule has 8 heavy (non-hydrogen) atoms. The van der Waals surface area contributed by atoms with Crippen molar-refractivity contribution in [2.45, 2.75) is 13.3 Å². The first kappa shape index (κ1) is 11.1. The Balaban J connectivity index is 0. The second-order valence-corrected chi connectivity index (χ2v) is 3.01. The lowest BCUT2D eigenvalue weighted by Crippen LogP contribution is -2.34. The first-order valence-corrected chi connectivity index (χ1v) is 2.86. The minimum absolute atomic E-state index is 0. The number of nitrogens with zero attached hydrogens (tertiary/aromatic N) is 1. The number of quaternary nitrogens is 1. The van der Waals surface area contributed by atoms with E-state index in [9.17, 15) is 0 Å². The Morgan fingerprint density at radius 2 is 1.50 bits per heavy atom. The van der Waals surface area contributed by atoms with Gasteiger partial charge in [0.2, 0.25) is 0 Å². The molecule has 2 heteroatoms. The maximum Gasteiger partial charge on any atom is 0.0777 e. The zero-order valence-electron chi connectivity index (χ0n) is 6.27. The number of halogens is 1. The van der Waals surface area contributed by atoms with E-state index in [1.165, 1.54) is 13.0 Å². The summed E-state index contributed by atoms with van der Waals surface area (Å²) in [7, 11) is 6.64. The monoisotopic (exact) mass is 138 g/mol.